The molecule has 1 heterocycles. The lowest BCUT2D eigenvalue weighted by Crippen LogP contribution is -2.38. The average Bonchev–Trinajstić information content (AvgIpc) is 2.15. The molecule has 1 aliphatic heterocycles. The predicted octanol–water partition coefficient (Wildman–Crippen LogP) is 0.823. The Balaban J connectivity index is 2.46. The lowest BCUT2D eigenvalue weighted by molar-refractivity contribution is 0.196. The molecule has 0 aliphatic carbocycles. The molecule has 0 aromatic carbocycles. The van der Waals surface area contributed by atoms with Gasteiger partial charge in [0.15, 0.2) is 0 Å². The van der Waals surface area contributed by atoms with Crippen molar-refractivity contribution in [2.24, 2.45) is 5.73 Å². The fourth-order valence-electron chi connectivity index (χ4n) is 1.71. The van der Waals surface area contributed by atoms with Crippen molar-refractivity contribution >= 4 is 0 Å². The summed E-state index contributed by atoms with van der Waals surface area (Å²) in [6.45, 7) is 5.01. The zero-order chi connectivity index (χ0) is 8.81. The SMILES string of the molecule is CCN1CCCCC1C#CCN. The number of rotatable bonds is 1. The Morgan fingerprint density at radius 2 is 2.33 bits per heavy atom. The highest BCUT2D eigenvalue weighted by Gasteiger charge is 2.17. The molecule has 1 rings (SSSR count). The quantitative estimate of drug-likeness (QED) is 0.584. The van der Waals surface area contributed by atoms with Crippen molar-refractivity contribution in [3.8, 4) is 11.8 Å². The Hall–Kier alpha value is -0.520. The van der Waals surface area contributed by atoms with E-state index in [-0.39, 0.29) is 0 Å². The summed E-state index contributed by atoms with van der Waals surface area (Å²) >= 11 is 0. The van der Waals surface area contributed by atoms with Gasteiger partial charge in [0.2, 0.25) is 0 Å². The van der Waals surface area contributed by atoms with E-state index < -0.39 is 0 Å². The second kappa shape index (κ2) is 5.18. The van der Waals surface area contributed by atoms with Gasteiger partial charge in [-0.15, -0.1) is 0 Å². The lowest BCUT2D eigenvalue weighted by Gasteiger charge is -2.31. The van der Waals surface area contributed by atoms with E-state index in [2.05, 4.69) is 23.7 Å². The maximum atomic E-state index is 5.34. The molecule has 12 heavy (non-hydrogen) atoms. The first-order valence-electron chi connectivity index (χ1n) is 4.81. The van der Waals surface area contributed by atoms with Crippen LogP contribution in [0.4, 0.5) is 0 Å². The largest absolute Gasteiger partial charge is 0.320 e. The summed E-state index contributed by atoms with van der Waals surface area (Å²) in [5, 5.41) is 0. The van der Waals surface area contributed by atoms with Gasteiger partial charge < -0.3 is 5.73 Å². The molecule has 68 valence electrons. The van der Waals surface area contributed by atoms with Gasteiger partial charge in [-0.2, -0.15) is 0 Å². The van der Waals surface area contributed by atoms with Crippen LogP contribution in [0.3, 0.4) is 0 Å². The Morgan fingerprint density at radius 3 is 3.00 bits per heavy atom. The first-order valence-corrected chi connectivity index (χ1v) is 4.81. The molecule has 0 aromatic heterocycles. The van der Waals surface area contributed by atoms with Crippen LogP contribution in [-0.2, 0) is 0 Å². The highest BCUT2D eigenvalue weighted by atomic mass is 15.1. The van der Waals surface area contributed by atoms with Gasteiger partial charge in [-0.05, 0) is 32.4 Å². The summed E-state index contributed by atoms with van der Waals surface area (Å²) < 4.78 is 0. The number of hydrogen-bond acceptors (Lipinski definition) is 2. The molecule has 1 aliphatic rings. The van der Waals surface area contributed by atoms with Crippen molar-refractivity contribution in [2.45, 2.75) is 32.2 Å². The smallest absolute Gasteiger partial charge is 0.0714 e. The van der Waals surface area contributed by atoms with Gasteiger partial charge in [0.1, 0.15) is 0 Å². The molecule has 1 atom stereocenters. The van der Waals surface area contributed by atoms with Crippen LogP contribution in [0.1, 0.15) is 26.2 Å². The summed E-state index contributed by atoms with van der Waals surface area (Å²) in [5.41, 5.74) is 5.34. The van der Waals surface area contributed by atoms with Gasteiger partial charge in [0.05, 0.1) is 12.6 Å². The van der Waals surface area contributed by atoms with E-state index in [0.29, 0.717) is 12.6 Å². The average molecular weight is 166 g/mol. The summed E-state index contributed by atoms with van der Waals surface area (Å²) in [6, 6.07) is 0.479. The van der Waals surface area contributed by atoms with Crippen LogP contribution in [0.25, 0.3) is 0 Å². The first-order chi connectivity index (χ1) is 5.88. The van der Waals surface area contributed by atoms with Crippen LogP contribution in [0.5, 0.6) is 0 Å². The van der Waals surface area contributed by atoms with Crippen LogP contribution in [-0.4, -0.2) is 30.6 Å². The maximum Gasteiger partial charge on any atom is 0.0714 e. The van der Waals surface area contributed by atoms with Gasteiger partial charge in [-0.3, -0.25) is 4.90 Å². The number of hydrogen-bond donors (Lipinski definition) is 1. The van der Waals surface area contributed by atoms with Crippen LogP contribution >= 0.6 is 0 Å². The zero-order valence-electron chi connectivity index (χ0n) is 7.84. The van der Waals surface area contributed by atoms with Gasteiger partial charge >= 0.3 is 0 Å². The fraction of sp³-hybridized carbons (Fsp3) is 0.800. The fourth-order valence-corrected chi connectivity index (χ4v) is 1.71. The van der Waals surface area contributed by atoms with E-state index in [9.17, 15) is 0 Å². The molecular weight excluding hydrogens is 148 g/mol. The molecule has 2 nitrogen and oxygen atoms in total. The number of piperidine rings is 1. The summed E-state index contributed by atoms with van der Waals surface area (Å²) in [6.07, 6.45) is 3.87. The van der Waals surface area contributed by atoms with Gasteiger partial charge in [0.25, 0.3) is 0 Å². The third-order valence-corrected chi connectivity index (χ3v) is 2.39. The highest BCUT2D eigenvalue weighted by molar-refractivity contribution is 5.09. The molecule has 1 saturated heterocycles. The molecule has 1 fully saturated rings. The first kappa shape index (κ1) is 9.57. The van der Waals surface area contributed by atoms with E-state index >= 15 is 0 Å². The molecule has 2 N–H and O–H groups in total. The number of nitrogens with two attached hydrogens (primary N) is 1. The summed E-state index contributed by atoms with van der Waals surface area (Å²) in [5.74, 6) is 6.19. The van der Waals surface area contributed by atoms with E-state index in [0.717, 1.165) is 6.54 Å². The minimum atomic E-state index is 0.479. The second-order valence-electron chi connectivity index (χ2n) is 3.17. The van der Waals surface area contributed by atoms with Crippen LogP contribution in [0, 0.1) is 11.8 Å². The summed E-state index contributed by atoms with van der Waals surface area (Å²) in [4.78, 5) is 2.44. The third-order valence-electron chi connectivity index (χ3n) is 2.39. The van der Waals surface area contributed by atoms with Gasteiger partial charge in [-0.1, -0.05) is 18.8 Å². The molecule has 0 amide bonds. The van der Waals surface area contributed by atoms with Crippen LogP contribution in [0.2, 0.25) is 0 Å². The standard InChI is InChI=1S/C10H18N2/c1-2-12-9-4-3-6-10(12)7-5-8-11/h10H,2-4,6,8-9,11H2,1H3. The third kappa shape index (κ3) is 2.51. The highest BCUT2D eigenvalue weighted by Crippen LogP contribution is 2.15. The van der Waals surface area contributed by atoms with E-state index in [4.69, 9.17) is 5.73 Å². The number of likely N-dealkylation sites (tertiary alicyclic amines) is 1. The van der Waals surface area contributed by atoms with E-state index in [1.807, 2.05) is 0 Å². The molecule has 1 unspecified atom stereocenters. The molecule has 0 saturated carbocycles. The summed E-state index contributed by atoms with van der Waals surface area (Å²) in [7, 11) is 0. The van der Waals surface area contributed by atoms with Crippen molar-refractivity contribution in [1.82, 2.24) is 4.90 Å². The molecule has 0 radical (unpaired) electrons. The monoisotopic (exact) mass is 166 g/mol. The molecule has 0 spiro atoms. The van der Waals surface area contributed by atoms with Crippen LogP contribution < -0.4 is 5.73 Å². The van der Waals surface area contributed by atoms with E-state index in [1.165, 1.54) is 25.8 Å². The van der Waals surface area contributed by atoms with Crippen molar-refractivity contribution in [2.75, 3.05) is 19.6 Å². The van der Waals surface area contributed by atoms with Crippen molar-refractivity contribution in [1.29, 1.82) is 0 Å². The normalized spacial score (nSPS) is 24.7. The zero-order valence-corrected chi connectivity index (χ0v) is 7.84. The van der Waals surface area contributed by atoms with Crippen molar-refractivity contribution in [3.63, 3.8) is 0 Å². The van der Waals surface area contributed by atoms with Gasteiger partial charge in [-0.25, -0.2) is 0 Å². The van der Waals surface area contributed by atoms with Crippen LogP contribution in [0.15, 0.2) is 0 Å². The maximum absolute atomic E-state index is 5.34. The van der Waals surface area contributed by atoms with Gasteiger partial charge in [0, 0.05) is 0 Å². The molecule has 2 heteroatoms. The topological polar surface area (TPSA) is 29.3 Å². The predicted molar refractivity (Wildman–Crippen MR) is 51.7 cm³/mol. The van der Waals surface area contributed by atoms with Crippen molar-refractivity contribution < 1.29 is 0 Å². The Labute approximate surface area is 75.1 Å². The van der Waals surface area contributed by atoms with E-state index in [1.54, 1.807) is 0 Å². The number of nitrogens with zero attached hydrogens (tertiary/aromatic N) is 1. The molecular formula is C10H18N2. The van der Waals surface area contributed by atoms with Crippen molar-refractivity contribution in [3.05, 3.63) is 0 Å². The minimum absolute atomic E-state index is 0.479. The Bertz CT molecular complexity index is 178. The second-order valence-corrected chi connectivity index (χ2v) is 3.17. The Kier molecular flexibility index (Phi) is 4.13. The minimum Gasteiger partial charge on any atom is -0.320 e. The molecule has 0 aromatic rings. The Morgan fingerprint density at radius 1 is 1.50 bits per heavy atom. The lowest BCUT2D eigenvalue weighted by atomic mass is 10.0. The molecule has 0 bridgehead atoms.